The highest BCUT2D eigenvalue weighted by Gasteiger charge is 2.17. The number of rotatable bonds is 3. The molecule has 0 bridgehead atoms. The summed E-state index contributed by atoms with van der Waals surface area (Å²) in [5.41, 5.74) is 4.16. The lowest BCUT2D eigenvalue weighted by molar-refractivity contribution is 0.102. The molecule has 0 atom stereocenters. The van der Waals surface area contributed by atoms with Crippen LogP contribution in [-0.4, -0.2) is 24.1 Å². The minimum absolute atomic E-state index is 0.270. The first kappa shape index (κ1) is 18.5. The molecule has 1 aromatic heterocycles. The molecule has 1 aliphatic heterocycles. The lowest BCUT2D eigenvalue weighted by Gasteiger charge is -2.18. The fourth-order valence-electron chi connectivity index (χ4n) is 3.30. The number of amides is 1. The van der Waals surface area contributed by atoms with Crippen molar-refractivity contribution < 1.29 is 18.7 Å². The van der Waals surface area contributed by atoms with Crippen LogP contribution in [0.25, 0.3) is 22.6 Å². The molecule has 30 heavy (non-hydrogen) atoms. The Hall–Kier alpha value is -3.51. The Labute approximate surface area is 177 Å². The van der Waals surface area contributed by atoms with E-state index in [0.717, 1.165) is 11.1 Å². The third kappa shape index (κ3) is 3.46. The van der Waals surface area contributed by atoms with Gasteiger partial charge in [0.2, 0.25) is 5.89 Å². The molecule has 1 amide bonds. The number of fused-ring (bicyclic) bond motifs is 2. The average molecular weight is 421 g/mol. The number of aryl methyl sites for hydroxylation is 1. The van der Waals surface area contributed by atoms with E-state index in [0.29, 0.717) is 58.0 Å². The van der Waals surface area contributed by atoms with E-state index < -0.39 is 0 Å². The molecular weight excluding hydrogens is 404 g/mol. The van der Waals surface area contributed by atoms with E-state index in [1.807, 2.05) is 25.1 Å². The predicted octanol–water partition coefficient (Wildman–Crippen LogP) is 5.48. The Balaban J connectivity index is 1.43. The van der Waals surface area contributed by atoms with Crippen molar-refractivity contribution in [1.29, 1.82) is 0 Å². The number of nitrogens with one attached hydrogen (secondary N) is 1. The van der Waals surface area contributed by atoms with Gasteiger partial charge in [-0.25, -0.2) is 4.98 Å². The van der Waals surface area contributed by atoms with Crippen molar-refractivity contribution >= 4 is 34.3 Å². The van der Waals surface area contributed by atoms with Crippen LogP contribution in [0, 0.1) is 6.92 Å². The van der Waals surface area contributed by atoms with Crippen molar-refractivity contribution in [1.82, 2.24) is 4.98 Å². The monoisotopic (exact) mass is 420 g/mol. The van der Waals surface area contributed by atoms with Gasteiger partial charge in [-0.05, 0) is 61.0 Å². The third-order valence-electron chi connectivity index (χ3n) is 4.80. The Morgan fingerprint density at radius 3 is 2.70 bits per heavy atom. The first-order valence-electron chi connectivity index (χ1n) is 9.45. The standard InChI is InChI=1S/C23H17ClN2O4/c1-13-2-6-18-20(10-13)30-23(26-18)16-12-15(4-5-17(16)24)25-22(27)14-3-7-19-21(11-14)29-9-8-28-19/h2-7,10-12H,8-9H2,1H3,(H,25,27). The molecule has 150 valence electrons. The lowest BCUT2D eigenvalue weighted by atomic mass is 10.1. The molecule has 2 heterocycles. The number of anilines is 1. The van der Waals surface area contributed by atoms with Crippen molar-refractivity contribution in [3.05, 3.63) is 70.7 Å². The Kier molecular flexibility index (Phi) is 4.56. The fourth-order valence-corrected chi connectivity index (χ4v) is 3.50. The van der Waals surface area contributed by atoms with Crippen LogP contribution in [0.2, 0.25) is 5.02 Å². The van der Waals surface area contributed by atoms with Crippen molar-refractivity contribution in [2.75, 3.05) is 18.5 Å². The highest BCUT2D eigenvalue weighted by molar-refractivity contribution is 6.33. The van der Waals surface area contributed by atoms with Crippen LogP contribution in [0.3, 0.4) is 0 Å². The van der Waals surface area contributed by atoms with Crippen LogP contribution in [0.4, 0.5) is 5.69 Å². The van der Waals surface area contributed by atoms with Crippen LogP contribution >= 0.6 is 11.6 Å². The fraction of sp³-hybridized carbons (Fsp3) is 0.130. The van der Waals surface area contributed by atoms with E-state index in [-0.39, 0.29) is 5.91 Å². The summed E-state index contributed by atoms with van der Waals surface area (Å²) in [5, 5.41) is 3.36. The summed E-state index contributed by atoms with van der Waals surface area (Å²) in [5.74, 6) is 1.33. The minimum atomic E-state index is -0.270. The third-order valence-corrected chi connectivity index (χ3v) is 5.13. The maximum atomic E-state index is 12.7. The zero-order valence-corrected chi connectivity index (χ0v) is 16.8. The van der Waals surface area contributed by atoms with E-state index >= 15 is 0 Å². The maximum absolute atomic E-state index is 12.7. The highest BCUT2D eigenvalue weighted by Crippen LogP contribution is 2.34. The SMILES string of the molecule is Cc1ccc2nc(-c3cc(NC(=O)c4ccc5c(c4)OCCO5)ccc3Cl)oc2c1. The normalized spacial score (nSPS) is 12.7. The second kappa shape index (κ2) is 7.39. The number of benzene rings is 3. The van der Waals surface area contributed by atoms with Gasteiger partial charge in [-0.1, -0.05) is 17.7 Å². The zero-order valence-electron chi connectivity index (χ0n) is 16.1. The van der Waals surface area contributed by atoms with E-state index in [2.05, 4.69) is 10.3 Å². The van der Waals surface area contributed by atoms with E-state index in [1.165, 1.54) is 0 Å². The van der Waals surface area contributed by atoms with Gasteiger partial charge in [0.05, 0.1) is 10.6 Å². The number of ether oxygens (including phenoxy) is 2. The maximum Gasteiger partial charge on any atom is 0.255 e. The van der Waals surface area contributed by atoms with Gasteiger partial charge in [-0.2, -0.15) is 0 Å². The van der Waals surface area contributed by atoms with Crippen LogP contribution < -0.4 is 14.8 Å². The number of halogens is 1. The molecule has 4 aromatic rings. The molecule has 3 aromatic carbocycles. The largest absolute Gasteiger partial charge is 0.486 e. The van der Waals surface area contributed by atoms with Crippen molar-refractivity contribution in [3.63, 3.8) is 0 Å². The van der Waals surface area contributed by atoms with Crippen molar-refractivity contribution in [3.8, 4) is 23.0 Å². The second-order valence-electron chi connectivity index (χ2n) is 7.00. The van der Waals surface area contributed by atoms with Gasteiger partial charge in [-0.3, -0.25) is 4.79 Å². The molecular formula is C23H17ClN2O4. The number of hydrogen-bond donors (Lipinski definition) is 1. The molecule has 0 unspecified atom stereocenters. The number of carbonyl (C=O) groups excluding carboxylic acids is 1. The van der Waals surface area contributed by atoms with Gasteiger partial charge in [0.1, 0.15) is 18.7 Å². The number of oxazole rings is 1. The van der Waals surface area contributed by atoms with Crippen molar-refractivity contribution in [2.24, 2.45) is 0 Å². The van der Waals surface area contributed by atoms with Crippen LogP contribution in [0.1, 0.15) is 15.9 Å². The van der Waals surface area contributed by atoms with Gasteiger partial charge < -0.3 is 19.2 Å². The Bertz CT molecular complexity index is 1280. The number of hydrogen-bond acceptors (Lipinski definition) is 5. The van der Waals surface area contributed by atoms with E-state index in [4.69, 9.17) is 25.5 Å². The van der Waals surface area contributed by atoms with Crippen LogP contribution in [0.15, 0.2) is 59.0 Å². The molecule has 5 rings (SSSR count). The Morgan fingerprint density at radius 1 is 1.00 bits per heavy atom. The van der Waals surface area contributed by atoms with Gasteiger partial charge in [0, 0.05) is 11.3 Å². The molecule has 0 spiro atoms. The summed E-state index contributed by atoms with van der Waals surface area (Å²) >= 11 is 6.38. The van der Waals surface area contributed by atoms with E-state index in [1.54, 1.807) is 36.4 Å². The van der Waals surface area contributed by atoms with Crippen LogP contribution in [-0.2, 0) is 0 Å². The number of carbonyl (C=O) groups is 1. The predicted molar refractivity (Wildman–Crippen MR) is 115 cm³/mol. The van der Waals surface area contributed by atoms with Crippen molar-refractivity contribution in [2.45, 2.75) is 6.92 Å². The summed E-state index contributed by atoms with van der Waals surface area (Å²) in [6, 6.07) is 16.1. The molecule has 0 fully saturated rings. The quantitative estimate of drug-likeness (QED) is 0.475. The molecule has 1 aliphatic rings. The first-order valence-corrected chi connectivity index (χ1v) is 9.83. The minimum Gasteiger partial charge on any atom is -0.486 e. The summed E-state index contributed by atoms with van der Waals surface area (Å²) < 4.78 is 16.9. The number of aromatic nitrogens is 1. The van der Waals surface area contributed by atoms with Gasteiger partial charge in [0.25, 0.3) is 5.91 Å². The molecule has 1 N–H and O–H groups in total. The molecule has 0 saturated carbocycles. The molecule has 0 radical (unpaired) electrons. The van der Waals surface area contributed by atoms with Crippen LogP contribution in [0.5, 0.6) is 11.5 Å². The summed E-state index contributed by atoms with van der Waals surface area (Å²) in [4.78, 5) is 17.2. The summed E-state index contributed by atoms with van der Waals surface area (Å²) in [6.45, 7) is 2.95. The second-order valence-corrected chi connectivity index (χ2v) is 7.40. The lowest BCUT2D eigenvalue weighted by Crippen LogP contribution is -2.17. The van der Waals surface area contributed by atoms with Gasteiger partial charge in [-0.15, -0.1) is 0 Å². The molecule has 7 heteroatoms. The smallest absolute Gasteiger partial charge is 0.255 e. The molecule has 6 nitrogen and oxygen atoms in total. The molecule has 0 saturated heterocycles. The summed E-state index contributed by atoms with van der Waals surface area (Å²) in [7, 11) is 0. The number of nitrogens with zero attached hydrogens (tertiary/aromatic N) is 1. The zero-order chi connectivity index (χ0) is 20.7. The average Bonchev–Trinajstić information content (AvgIpc) is 3.17. The first-order chi connectivity index (χ1) is 14.6. The summed E-state index contributed by atoms with van der Waals surface area (Å²) in [6.07, 6.45) is 0. The van der Waals surface area contributed by atoms with Gasteiger partial charge >= 0.3 is 0 Å². The Morgan fingerprint density at radius 2 is 1.83 bits per heavy atom. The highest BCUT2D eigenvalue weighted by atomic mass is 35.5. The molecule has 0 aliphatic carbocycles. The topological polar surface area (TPSA) is 73.6 Å². The van der Waals surface area contributed by atoms with E-state index in [9.17, 15) is 4.79 Å². The van der Waals surface area contributed by atoms with Gasteiger partial charge in [0.15, 0.2) is 17.1 Å².